The average molecular weight is 212 g/mol. The van der Waals surface area contributed by atoms with Crippen LogP contribution >= 0.6 is 0 Å². The van der Waals surface area contributed by atoms with Gasteiger partial charge >= 0.3 is 0 Å². The zero-order chi connectivity index (χ0) is 10.5. The van der Waals surface area contributed by atoms with Crippen LogP contribution in [0.15, 0.2) is 0 Å². The van der Waals surface area contributed by atoms with Crippen LogP contribution in [0.1, 0.15) is 38.5 Å². The summed E-state index contributed by atoms with van der Waals surface area (Å²) in [5.41, 5.74) is 0. The van der Waals surface area contributed by atoms with Gasteiger partial charge in [0.15, 0.2) is 0 Å². The van der Waals surface area contributed by atoms with E-state index >= 15 is 0 Å². The average Bonchev–Trinajstić information content (AvgIpc) is 3.09. The first-order valence-corrected chi connectivity index (χ1v) is 6.48. The predicted molar refractivity (Wildman–Crippen MR) is 61.9 cm³/mol. The van der Waals surface area contributed by atoms with Gasteiger partial charge in [0.25, 0.3) is 0 Å². The highest BCUT2D eigenvalue weighted by molar-refractivity contribution is 4.85. The highest BCUT2D eigenvalue weighted by atomic mass is 16.3. The molecule has 1 atom stereocenters. The van der Waals surface area contributed by atoms with Crippen LogP contribution in [0.4, 0.5) is 0 Å². The maximum atomic E-state index is 9.25. The van der Waals surface area contributed by atoms with Crippen molar-refractivity contribution in [1.82, 2.24) is 10.2 Å². The summed E-state index contributed by atoms with van der Waals surface area (Å²) < 4.78 is 0. The molecule has 0 aromatic heterocycles. The normalized spacial score (nSPS) is 25.4. The van der Waals surface area contributed by atoms with Crippen molar-refractivity contribution in [3.63, 3.8) is 0 Å². The first-order valence-electron chi connectivity index (χ1n) is 6.48. The summed E-state index contributed by atoms with van der Waals surface area (Å²) in [7, 11) is 0. The molecule has 2 aliphatic rings. The Kier molecular flexibility index (Phi) is 4.42. The van der Waals surface area contributed by atoms with Gasteiger partial charge < -0.3 is 15.3 Å². The van der Waals surface area contributed by atoms with Gasteiger partial charge in [-0.3, -0.25) is 0 Å². The number of piperidine rings is 1. The molecule has 1 aliphatic heterocycles. The first kappa shape index (κ1) is 11.4. The fourth-order valence-electron chi connectivity index (χ4n) is 2.33. The van der Waals surface area contributed by atoms with E-state index in [4.69, 9.17) is 0 Å². The summed E-state index contributed by atoms with van der Waals surface area (Å²) in [5.74, 6) is 0. The van der Waals surface area contributed by atoms with Gasteiger partial charge in [0.05, 0.1) is 6.61 Å². The number of likely N-dealkylation sites (tertiary alicyclic amines) is 1. The molecule has 0 aromatic carbocycles. The van der Waals surface area contributed by atoms with Crippen molar-refractivity contribution in [2.45, 2.75) is 50.6 Å². The van der Waals surface area contributed by atoms with E-state index in [1.165, 1.54) is 45.2 Å². The van der Waals surface area contributed by atoms with Crippen LogP contribution in [0, 0.1) is 0 Å². The van der Waals surface area contributed by atoms with E-state index in [9.17, 15) is 5.11 Å². The number of rotatable bonds is 6. The molecule has 0 aromatic rings. The molecule has 3 nitrogen and oxygen atoms in total. The second kappa shape index (κ2) is 5.83. The zero-order valence-corrected chi connectivity index (χ0v) is 9.62. The van der Waals surface area contributed by atoms with Crippen LogP contribution in [-0.4, -0.2) is 48.3 Å². The summed E-state index contributed by atoms with van der Waals surface area (Å²) in [4.78, 5) is 2.54. The SMILES string of the molecule is OCC(CCN1CCCCC1)NC1CC1. The van der Waals surface area contributed by atoms with Crippen molar-refractivity contribution in [1.29, 1.82) is 0 Å². The first-order chi connectivity index (χ1) is 7.38. The summed E-state index contributed by atoms with van der Waals surface area (Å²) in [6.45, 7) is 3.98. The Bertz CT molecular complexity index is 176. The smallest absolute Gasteiger partial charge is 0.0585 e. The number of hydrogen-bond donors (Lipinski definition) is 2. The molecule has 2 fully saturated rings. The minimum absolute atomic E-state index is 0.296. The Morgan fingerprint density at radius 2 is 1.93 bits per heavy atom. The van der Waals surface area contributed by atoms with E-state index in [0.717, 1.165) is 13.0 Å². The lowest BCUT2D eigenvalue weighted by Crippen LogP contribution is -2.39. The van der Waals surface area contributed by atoms with Crippen molar-refractivity contribution >= 4 is 0 Å². The summed E-state index contributed by atoms with van der Waals surface area (Å²) in [6, 6.07) is 1.04. The van der Waals surface area contributed by atoms with Gasteiger partial charge in [0, 0.05) is 12.1 Å². The van der Waals surface area contributed by atoms with E-state index in [1.807, 2.05) is 0 Å². The van der Waals surface area contributed by atoms with Crippen molar-refractivity contribution in [2.24, 2.45) is 0 Å². The zero-order valence-electron chi connectivity index (χ0n) is 9.62. The third-order valence-corrected chi connectivity index (χ3v) is 3.51. The standard InChI is InChI=1S/C12H24N2O/c15-10-12(13-11-4-5-11)6-9-14-7-2-1-3-8-14/h11-13,15H,1-10H2. The second-order valence-corrected chi connectivity index (χ2v) is 5.01. The number of aliphatic hydroxyl groups is 1. The van der Waals surface area contributed by atoms with E-state index in [1.54, 1.807) is 0 Å². The van der Waals surface area contributed by atoms with Crippen LogP contribution in [0.5, 0.6) is 0 Å². The Hall–Kier alpha value is -0.120. The topological polar surface area (TPSA) is 35.5 Å². The quantitative estimate of drug-likeness (QED) is 0.689. The Balaban J connectivity index is 1.60. The Labute approximate surface area is 92.8 Å². The lowest BCUT2D eigenvalue weighted by atomic mass is 10.1. The number of nitrogens with one attached hydrogen (secondary N) is 1. The fourth-order valence-corrected chi connectivity index (χ4v) is 2.33. The van der Waals surface area contributed by atoms with Gasteiger partial charge in [0.1, 0.15) is 0 Å². The molecule has 3 heteroatoms. The maximum absolute atomic E-state index is 9.25. The molecule has 0 amide bonds. The minimum Gasteiger partial charge on any atom is -0.395 e. The van der Waals surface area contributed by atoms with E-state index in [-0.39, 0.29) is 0 Å². The number of hydrogen-bond acceptors (Lipinski definition) is 3. The monoisotopic (exact) mass is 212 g/mol. The predicted octanol–water partition coefficient (Wildman–Crippen LogP) is 0.975. The molecule has 15 heavy (non-hydrogen) atoms. The Morgan fingerprint density at radius 3 is 2.53 bits per heavy atom. The minimum atomic E-state index is 0.296. The molecule has 1 saturated heterocycles. The van der Waals surface area contributed by atoms with Crippen molar-refractivity contribution in [3.05, 3.63) is 0 Å². The Morgan fingerprint density at radius 1 is 1.20 bits per heavy atom. The number of nitrogens with zero attached hydrogens (tertiary/aromatic N) is 1. The van der Waals surface area contributed by atoms with Crippen molar-refractivity contribution < 1.29 is 5.11 Å². The van der Waals surface area contributed by atoms with Crippen LogP contribution < -0.4 is 5.32 Å². The molecule has 0 radical (unpaired) electrons. The van der Waals surface area contributed by atoms with Crippen molar-refractivity contribution in [3.8, 4) is 0 Å². The van der Waals surface area contributed by atoms with E-state index in [0.29, 0.717) is 18.7 Å². The lowest BCUT2D eigenvalue weighted by Gasteiger charge is -2.28. The van der Waals surface area contributed by atoms with Crippen LogP contribution in [0.25, 0.3) is 0 Å². The third kappa shape index (κ3) is 4.09. The molecule has 1 saturated carbocycles. The summed E-state index contributed by atoms with van der Waals surface area (Å²) >= 11 is 0. The van der Waals surface area contributed by atoms with Gasteiger partial charge in [0.2, 0.25) is 0 Å². The molecule has 88 valence electrons. The molecular formula is C12H24N2O. The lowest BCUT2D eigenvalue weighted by molar-refractivity contribution is 0.187. The molecule has 0 bridgehead atoms. The highest BCUT2D eigenvalue weighted by Crippen LogP contribution is 2.20. The third-order valence-electron chi connectivity index (χ3n) is 3.51. The van der Waals surface area contributed by atoms with Crippen LogP contribution in [-0.2, 0) is 0 Å². The van der Waals surface area contributed by atoms with Gasteiger partial charge in [-0.05, 0) is 51.7 Å². The maximum Gasteiger partial charge on any atom is 0.0585 e. The summed E-state index contributed by atoms with van der Waals surface area (Å²) in [6.07, 6.45) is 7.84. The van der Waals surface area contributed by atoms with Gasteiger partial charge in [-0.1, -0.05) is 6.42 Å². The molecule has 0 spiro atoms. The molecule has 1 aliphatic carbocycles. The van der Waals surface area contributed by atoms with Crippen molar-refractivity contribution in [2.75, 3.05) is 26.2 Å². The fraction of sp³-hybridized carbons (Fsp3) is 1.00. The molecule has 1 heterocycles. The molecule has 2 rings (SSSR count). The van der Waals surface area contributed by atoms with Crippen LogP contribution in [0.3, 0.4) is 0 Å². The largest absolute Gasteiger partial charge is 0.395 e. The van der Waals surface area contributed by atoms with Gasteiger partial charge in [-0.25, -0.2) is 0 Å². The number of aliphatic hydroxyl groups excluding tert-OH is 1. The molecule has 2 N–H and O–H groups in total. The van der Waals surface area contributed by atoms with E-state index in [2.05, 4.69) is 10.2 Å². The second-order valence-electron chi connectivity index (χ2n) is 5.01. The van der Waals surface area contributed by atoms with Gasteiger partial charge in [-0.2, -0.15) is 0 Å². The van der Waals surface area contributed by atoms with Crippen LogP contribution in [0.2, 0.25) is 0 Å². The summed E-state index contributed by atoms with van der Waals surface area (Å²) in [5, 5.41) is 12.8. The molecule has 1 unspecified atom stereocenters. The highest BCUT2D eigenvalue weighted by Gasteiger charge is 2.24. The van der Waals surface area contributed by atoms with Gasteiger partial charge in [-0.15, -0.1) is 0 Å². The van der Waals surface area contributed by atoms with E-state index < -0.39 is 0 Å². The molecular weight excluding hydrogens is 188 g/mol.